The van der Waals surface area contributed by atoms with Crippen LogP contribution in [-0.2, 0) is 9.59 Å². The molecule has 1 aromatic carbocycles. The number of likely N-dealkylation sites (N-methyl/N-ethyl adjacent to an activating group) is 2. The fraction of sp³-hybridized carbons (Fsp3) is 0.619. The molecule has 2 aliphatic rings. The second kappa shape index (κ2) is 7.78. The number of carbonyl (C=O) groups is 2. The largest absolute Gasteiger partial charge is 0.340 e. The summed E-state index contributed by atoms with van der Waals surface area (Å²) in [6.07, 6.45) is 2.80. The molecule has 28 heavy (non-hydrogen) atoms. The molecule has 5 nitrogen and oxygen atoms in total. The van der Waals surface area contributed by atoms with Gasteiger partial charge in [-0.05, 0) is 56.3 Å². The smallest absolute Gasteiger partial charge is 0.233 e. The Balaban J connectivity index is 1.70. The molecule has 1 aliphatic carbocycles. The predicted molar refractivity (Wildman–Crippen MR) is 104 cm³/mol. The van der Waals surface area contributed by atoms with E-state index in [1.54, 1.807) is 11.9 Å². The van der Waals surface area contributed by atoms with Crippen molar-refractivity contribution in [2.24, 2.45) is 11.3 Å². The van der Waals surface area contributed by atoms with Crippen LogP contribution >= 0.6 is 0 Å². The summed E-state index contributed by atoms with van der Waals surface area (Å²) in [6, 6.07) is 3.23. The van der Waals surface area contributed by atoms with E-state index in [-0.39, 0.29) is 35.5 Å². The maximum Gasteiger partial charge on any atom is 0.233 e. The van der Waals surface area contributed by atoms with Crippen molar-refractivity contribution in [2.45, 2.75) is 51.6 Å². The van der Waals surface area contributed by atoms with Crippen molar-refractivity contribution in [2.75, 3.05) is 26.0 Å². The van der Waals surface area contributed by atoms with Crippen LogP contribution in [0.15, 0.2) is 18.2 Å². The number of fused-ring (bicyclic) bond motifs is 2. The van der Waals surface area contributed by atoms with E-state index in [1.807, 2.05) is 0 Å². The molecule has 1 saturated carbocycles. The molecule has 4 atom stereocenters. The third kappa shape index (κ3) is 3.77. The van der Waals surface area contributed by atoms with Gasteiger partial charge in [0, 0.05) is 19.2 Å². The van der Waals surface area contributed by atoms with Crippen molar-refractivity contribution in [3.63, 3.8) is 0 Å². The number of nitrogens with zero attached hydrogens (tertiary/aromatic N) is 2. The average Bonchev–Trinajstić information content (AvgIpc) is 2.63. The Kier molecular flexibility index (Phi) is 5.75. The van der Waals surface area contributed by atoms with Crippen molar-refractivity contribution in [1.82, 2.24) is 9.80 Å². The SMILES string of the molecule is CC1CCC2C(N(C)C(=O)CC(=O)Nc3ccc(F)cc3F)C1(C)CCN2C. The van der Waals surface area contributed by atoms with Crippen LogP contribution in [0, 0.1) is 23.0 Å². The van der Waals surface area contributed by atoms with Crippen LogP contribution in [0.25, 0.3) is 0 Å². The van der Waals surface area contributed by atoms with Crippen molar-refractivity contribution < 1.29 is 18.4 Å². The van der Waals surface area contributed by atoms with E-state index >= 15 is 0 Å². The molecular weight excluding hydrogens is 364 g/mol. The quantitative estimate of drug-likeness (QED) is 0.799. The molecule has 1 saturated heterocycles. The Morgan fingerprint density at radius 1 is 1.32 bits per heavy atom. The molecular formula is C21H29F2N3O2. The van der Waals surface area contributed by atoms with E-state index in [1.165, 1.54) is 0 Å². The molecule has 1 heterocycles. The first-order chi connectivity index (χ1) is 13.1. The Hall–Kier alpha value is -2.02. The highest BCUT2D eigenvalue weighted by molar-refractivity contribution is 6.03. The average molecular weight is 393 g/mol. The highest BCUT2D eigenvalue weighted by Crippen LogP contribution is 2.49. The molecule has 3 rings (SSSR count). The van der Waals surface area contributed by atoms with Crippen LogP contribution in [0.3, 0.4) is 0 Å². The molecule has 2 fully saturated rings. The van der Waals surface area contributed by atoms with Crippen LogP contribution < -0.4 is 5.32 Å². The number of nitrogens with one attached hydrogen (secondary N) is 1. The zero-order valence-electron chi connectivity index (χ0n) is 17.0. The first-order valence-corrected chi connectivity index (χ1v) is 9.84. The number of hydrogen-bond donors (Lipinski definition) is 1. The topological polar surface area (TPSA) is 52.7 Å². The van der Waals surface area contributed by atoms with E-state index in [0.29, 0.717) is 12.0 Å². The highest BCUT2D eigenvalue weighted by atomic mass is 19.1. The summed E-state index contributed by atoms with van der Waals surface area (Å²) in [4.78, 5) is 29.2. The van der Waals surface area contributed by atoms with Gasteiger partial charge < -0.3 is 15.1 Å². The summed E-state index contributed by atoms with van der Waals surface area (Å²) >= 11 is 0. The standard InChI is InChI=1S/C21H29F2N3O2/c1-13-5-8-17-20(21(13,2)9-10-25(17)3)26(4)19(28)12-18(27)24-16-7-6-14(22)11-15(16)23/h6-7,11,13,17,20H,5,8-10,12H2,1-4H3,(H,24,27). The molecule has 154 valence electrons. The second-order valence-electron chi connectivity index (χ2n) is 8.58. The minimum Gasteiger partial charge on any atom is -0.340 e. The summed E-state index contributed by atoms with van der Waals surface area (Å²) in [5.74, 6) is -1.97. The van der Waals surface area contributed by atoms with Crippen LogP contribution in [0.4, 0.5) is 14.5 Å². The van der Waals surface area contributed by atoms with Crippen molar-refractivity contribution in [1.29, 1.82) is 0 Å². The fourth-order valence-electron chi connectivity index (χ4n) is 4.98. The molecule has 1 N–H and O–H groups in total. The molecule has 1 aliphatic heterocycles. The minimum absolute atomic E-state index is 0.0133. The summed E-state index contributed by atoms with van der Waals surface area (Å²) in [5, 5.41) is 2.37. The van der Waals surface area contributed by atoms with Gasteiger partial charge >= 0.3 is 0 Å². The number of rotatable bonds is 4. The third-order valence-electron chi connectivity index (χ3n) is 6.96. The number of likely N-dealkylation sites (tertiary alicyclic amines) is 1. The van der Waals surface area contributed by atoms with Gasteiger partial charge in [0.15, 0.2) is 0 Å². The van der Waals surface area contributed by atoms with Crippen molar-refractivity contribution in [3.8, 4) is 0 Å². The maximum atomic E-state index is 13.7. The van der Waals surface area contributed by atoms with Gasteiger partial charge in [-0.25, -0.2) is 8.78 Å². The Morgan fingerprint density at radius 3 is 2.71 bits per heavy atom. The molecule has 2 bridgehead atoms. The fourth-order valence-corrected chi connectivity index (χ4v) is 4.98. The summed E-state index contributed by atoms with van der Waals surface area (Å²) in [6.45, 7) is 5.50. The maximum absolute atomic E-state index is 13.7. The number of halogens is 2. The van der Waals surface area contributed by atoms with Crippen LogP contribution in [-0.4, -0.2) is 54.3 Å². The minimum atomic E-state index is -0.862. The molecule has 7 heteroatoms. The molecule has 0 spiro atoms. The normalized spacial score (nSPS) is 30.0. The lowest BCUT2D eigenvalue weighted by molar-refractivity contribution is -0.148. The third-order valence-corrected chi connectivity index (χ3v) is 6.96. The Bertz CT molecular complexity index is 772. The van der Waals surface area contributed by atoms with Gasteiger partial charge in [0.1, 0.15) is 18.1 Å². The predicted octanol–water partition coefficient (Wildman–Crippen LogP) is 3.26. The first kappa shape index (κ1) is 20.7. The summed E-state index contributed by atoms with van der Waals surface area (Å²) < 4.78 is 26.7. The van der Waals surface area contributed by atoms with E-state index in [9.17, 15) is 18.4 Å². The van der Waals surface area contributed by atoms with Gasteiger partial charge in [0.05, 0.1) is 11.7 Å². The lowest BCUT2D eigenvalue weighted by atomic mass is 9.59. The van der Waals surface area contributed by atoms with Gasteiger partial charge in [-0.3, -0.25) is 9.59 Å². The zero-order chi connectivity index (χ0) is 20.6. The summed E-state index contributed by atoms with van der Waals surface area (Å²) in [5.41, 5.74) is -0.115. The number of piperidine rings is 1. The van der Waals surface area contributed by atoms with Gasteiger partial charge in [-0.2, -0.15) is 0 Å². The Morgan fingerprint density at radius 2 is 2.04 bits per heavy atom. The molecule has 2 amide bonds. The molecule has 0 radical (unpaired) electrons. The molecule has 0 aromatic heterocycles. The zero-order valence-corrected chi connectivity index (χ0v) is 17.0. The second-order valence-corrected chi connectivity index (χ2v) is 8.58. The number of amides is 2. The van der Waals surface area contributed by atoms with E-state index in [2.05, 4.69) is 31.1 Å². The van der Waals surface area contributed by atoms with Crippen LogP contribution in [0.5, 0.6) is 0 Å². The van der Waals surface area contributed by atoms with Crippen LogP contribution in [0.2, 0.25) is 0 Å². The van der Waals surface area contributed by atoms with Crippen LogP contribution in [0.1, 0.15) is 39.5 Å². The van der Waals surface area contributed by atoms with Gasteiger partial charge in [0.25, 0.3) is 0 Å². The van der Waals surface area contributed by atoms with E-state index in [0.717, 1.165) is 37.9 Å². The lowest BCUT2D eigenvalue weighted by Crippen LogP contribution is -2.66. The monoisotopic (exact) mass is 393 g/mol. The summed E-state index contributed by atoms with van der Waals surface area (Å²) in [7, 11) is 3.86. The number of carbonyl (C=O) groups excluding carboxylic acids is 2. The number of benzene rings is 1. The van der Waals surface area contributed by atoms with Gasteiger partial charge in [-0.15, -0.1) is 0 Å². The van der Waals surface area contributed by atoms with Crippen molar-refractivity contribution in [3.05, 3.63) is 29.8 Å². The molecule has 1 aromatic rings. The van der Waals surface area contributed by atoms with Gasteiger partial charge in [0.2, 0.25) is 11.8 Å². The number of anilines is 1. The van der Waals surface area contributed by atoms with Gasteiger partial charge in [-0.1, -0.05) is 13.8 Å². The highest BCUT2D eigenvalue weighted by Gasteiger charge is 2.53. The molecule has 4 unspecified atom stereocenters. The van der Waals surface area contributed by atoms with E-state index < -0.39 is 17.5 Å². The number of hydrogen-bond acceptors (Lipinski definition) is 3. The first-order valence-electron chi connectivity index (χ1n) is 9.84. The Labute approximate surface area is 165 Å². The van der Waals surface area contributed by atoms with E-state index in [4.69, 9.17) is 0 Å². The lowest BCUT2D eigenvalue weighted by Gasteiger charge is -2.59. The van der Waals surface area contributed by atoms with Crippen molar-refractivity contribution >= 4 is 17.5 Å².